The molecule has 1 nitrogen and oxygen atoms in total. The number of hydrogen-bond acceptors (Lipinski definition) is 1. The first kappa shape index (κ1) is 28.6. The summed E-state index contributed by atoms with van der Waals surface area (Å²) in [6, 6.07) is 33.2. The van der Waals surface area contributed by atoms with Crippen molar-refractivity contribution in [2.45, 2.75) is 45.4 Å². The van der Waals surface area contributed by atoms with Gasteiger partial charge >= 0.3 is 0 Å². The predicted molar refractivity (Wildman–Crippen MR) is 183 cm³/mol. The Bertz CT molecular complexity index is 1330. The van der Waals surface area contributed by atoms with Gasteiger partial charge < -0.3 is 4.43 Å². The molecule has 0 aromatic heterocycles. The summed E-state index contributed by atoms with van der Waals surface area (Å²) in [7, 11) is -2.68. The molecule has 0 heterocycles. The van der Waals surface area contributed by atoms with E-state index in [1.54, 1.807) is 0 Å². The molecule has 0 N–H and O–H groups in total. The predicted octanol–water partition coefficient (Wildman–Crippen LogP) is 7.99. The van der Waals surface area contributed by atoms with E-state index < -0.39 is 8.32 Å². The Kier molecular flexibility index (Phi) is 8.25. The molecule has 43 heavy (non-hydrogen) atoms. The second kappa shape index (κ2) is 12.4. The van der Waals surface area contributed by atoms with Gasteiger partial charge in [-0.2, -0.15) is 0 Å². The molecular formula is C41H46OSi. The molecule has 2 fully saturated rings. The van der Waals surface area contributed by atoms with Crippen LogP contribution in [0.1, 0.15) is 45.4 Å². The Hall–Kier alpha value is -3.20. The Labute approximate surface area is 260 Å². The number of benzene rings is 3. The lowest BCUT2D eigenvalue weighted by Crippen LogP contribution is -2.69. The third-order valence-corrected chi connectivity index (χ3v) is 15.6. The third kappa shape index (κ3) is 5.27. The first-order chi connectivity index (χ1) is 21.2. The molecular weight excluding hydrogens is 537 g/mol. The molecule has 220 valence electrons. The molecule has 0 spiro atoms. The molecule has 3 aromatic carbocycles. The van der Waals surface area contributed by atoms with Crippen molar-refractivity contribution in [1.29, 1.82) is 0 Å². The Morgan fingerprint density at radius 1 is 0.581 bits per heavy atom. The van der Waals surface area contributed by atoms with E-state index in [9.17, 15) is 0 Å². The Balaban J connectivity index is 1.19. The SMILES string of the molecule is CC(CCCO[Si](c1ccccc1)(c1ccccc1)c1ccccc1)(C1CCC2C=CC=CC21)C1CCC2C=CC=CC21. The number of hydrogen-bond donors (Lipinski definition) is 0. The van der Waals surface area contributed by atoms with Gasteiger partial charge in [-0.05, 0) is 95.0 Å². The summed E-state index contributed by atoms with van der Waals surface area (Å²) in [5.41, 5.74) is 0.295. The third-order valence-electron chi connectivity index (χ3n) is 11.6. The smallest absolute Gasteiger partial charge is 0.288 e. The van der Waals surface area contributed by atoms with E-state index in [0.717, 1.165) is 36.7 Å². The van der Waals surface area contributed by atoms with E-state index >= 15 is 0 Å². The molecule has 6 atom stereocenters. The van der Waals surface area contributed by atoms with Crippen molar-refractivity contribution in [2.75, 3.05) is 6.61 Å². The average Bonchev–Trinajstić information content (AvgIpc) is 3.72. The molecule has 4 aliphatic carbocycles. The van der Waals surface area contributed by atoms with Crippen LogP contribution in [0.5, 0.6) is 0 Å². The molecule has 0 bridgehead atoms. The van der Waals surface area contributed by atoms with Gasteiger partial charge in [0.15, 0.2) is 0 Å². The van der Waals surface area contributed by atoms with E-state index in [0.29, 0.717) is 17.3 Å². The number of allylic oxidation sites excluding steroid dienone is 8. The van der Waals surface area contributed by atoms with Crippen LogP contribution in [0.3, 0.4) is 0 Å². The topological polar surface area (TPSA) is 9.23 Å². The van der Waals surface area contributed by atoms with Gasteiger partial charge in [0.25, 0.3) is 8.32 Å². The van der Waals surface area contributed by atoms with Crippen LogP contribution in [-0.4, -0.2) is 14.9 Å². The van der Waals surface area contributed by atoms with Crippen LogP contribution in [0, 0.1) is 40.9 Å². The molecule has 4 aliphatic rings. The number of rotatable bonds is 10. The van der Waals surface area contributed by atoms with Gasteiger partial charge in [-0.1, -0.05) is 147 Å². The van der Waals surface area contributed by atoms with Crippen molar-refractivity contribution < 1.29 is 4.43 Å². The zero-order valence-electron chi connectivity index (χ0n) is 25.6. The van der Waals surface area contributed by atoms with Gasteiger partial charge in [-0.15, -0.1) is 0 Å². The van der Waals surface area contributed by atoms with Gasteiger partial charge in [0.2, 0.25) is 0 Å². The van der Waals surface area contributed by atoms with Gasteiger partial charge in [-0.3, -0.25) is 0 Å². The van der Waals surface area contributed by atoms with Gasteiger partial charge in [0, 0.05) is 6.61 Å². The fourth-order valence-corrected chi connectivity index (χ4v) is 13.5. The maximum atomic E-state index is 7.41. The average molecular weight is 583 g/mol. The summed E-state index contributed by atoms with van der Waals surface area (Å²) in [6.07, 6.45) is 27.0. The molecule has 6 unspecified atom stereocenters. The molecule has 2 heteroatoms. The lowest BCUT2D eigenvalue weighted by molar-refractivity contribution is 0.0385. The van der Waals surface area contributed by atoms with Gasteiger partial charge in [0.05, 0.1) is 0 Å². The quantitative estimate of drug-likeness (QED) is 0.134. The Morgan fingerprint density at radius 3 is 1.44 bits per heavy atom. The normalized spacial score (nSPS) is 28.9. The van der Waals surface area contributed by atoms with E-state index in [-0.39, 0.29) is 0 Å². The second-order valence-electron chi connectivity index (χ2n) is 13.6. The summed E-state index contributed by atoms with van der Waals surface area (Å²) < 4.78 is 7.41. The lowest BCUT2D eigenvalue weighted by Gasteiger charge is -2.47. The van der Waals surface area contributed by atoms with Crippen LogP contribution >= 0.6 is 0 Å². The number of fused-ring (bicyclic) bond motifs is 2. The van der Waals surface area contributed by atoms with Gasteiger partial charge in [0.1, 0.15) is 0 Å². The highest BCUT2D eigenvalue weighted by molar-refractivity contribution is 7.07. The highest BCUT2D eigenvalue weighted by Gasteiger charge is 2.52. The fourth-order valence-electron chi connectivity index (χ4n) is 9.54. The van der Waals surface area contributed by atoms with E-state index in [1.807, 2.05) is 0 Å². The highest BCUT2D eigenvalue weighted by atomic mass is 28.4. The summed E-state index contributed by atoms with van der Waals surface area (Å²) in [5.74, 6) is 4.29. The zero-order valence-corrected chi connectivity index (χ0v) is 26.6. The molecule has 0 amide bonds. The second-order valence-corrected chi connectivity index (χ2v) is 17.0. The van der Waals surface area contributed by atoms with E-state index in [1.165, 1.54) is 47.7 Å². The van der Waals surface area contributed by atoms with Crippen molar-refractivity contribution in [1.82, 2.24) is 0 Å². The van der Waals surface area contributed by atoms with Crippen LogP contribution in [0.4, 0.5) is 0 Å². The van der Waals surface area contributed by atoms with Crippen molar-refractivity contribution in [3.05, 3.63) is 140 Å². The first-order valence-electron chi connectivity index (χ1n) is 16.7. The van der Waals surface area contributed by atoms with Crippen LogP contribution in [0.15, 0.2) is 140 Å². The molecule has 3 aromatic rings. The lowest BCUT2D eigenvalue weighted by atomic mass is 9.58. The fraction of sp³-hybridized carbons (Fsp3) is 0.366. The van der Waals surface area contributed by atoms with Gasteiger partial charge in [-0.25, -0.2) is 0 Å². The van der Waals surface area contributed by atoms with E-state index in [2.05, 4.69) is 147 Å². The van der Waals surface area contributed by atoms with Crippen molar-refractivity contribution in [2.24, 2.45) is 40.9 Å². The maximum absolute atomic E-state index is 7.41. The minimum Gasteiger partial charge on any atom is -0.404 e. The molecule has 0 aliphatic heterocycles. The van der Waals surface area contributed by atoms with E-state index in [4.69, 9.17) is 4.43 Å². The van der Waals surface area contributed by atoms with Crippen molar-refractivity contribution in [3.63, 3.8) is 0 Å². The molecule has 0 saturated heterocycles. The standard InChI is InChI=1S/C41H46OSi/c1-41(39-28-26-32-16-11-13-24-37(32)39,40-29-27-33-17-12-14-25-38(33)40)30-15-31-42-43(34-18-5-2-6-19-34,35-20-7-3-8-21-35)36-22-9-4-10-23-36/h2-14,16-25,32-33,37-40H,15,26-31H2,1H3. The maximum Gasteiger partial charge on any atom is 0.288 e. The first-order valence-corrected chi connectivity index (χ1v) is 18.6. The van der Waals surface area contributed by atoms with Crippen molar-refractivity contribution in [3.8, 4) is 0 Å². The summed E-state index contributed by atoms with van der Waals surface area (Å²) in [5, 5.41) is 3.97. The zero-order chi connectivity index (χ0) is 29.1. The van der Waals surface area contributed by atoms with Crippen LogP contribution in [0.25, 0.3) is 0 Å². The summed E-state index contributed by atoms with van der Waals surface area (Å²) in [4.78, 5) is 0. The van der Waals surface area contributed by atoms with Crippen LogP contribution < -0.4 is 15.6 Å². The minimum absolute atomic E-state index is 0.295. The highest BCUT2D eigenvalue weighted by Crippen LogP contribution is 2.60. The largest absolute Gasteiger partial charge is 0.404 e. The monoisotopic (exact) mass is 582 g/mol. The molecule has 7 rings (SSSR count). The summed E-state index contributed by atoms with van der Waals surface area (Å²) >= 11 is 0. The van der Waals surface area contributed by atoms with Crippen molar-refractivity contribution >= 4 is 23.9 Å². The van der Waals surface area contributed by atoms with Crippen LogP contribution in [0.2, 0.25) is 0 Å². The minimum atomic E-state index is -2.68. The van der Waals surface area contributed by atoms with Crippen LogP contribution in [-0.2, 0) is 4.43 Å². The molecule has 2 saturated carbocycles. The Morgan fingerprint density at radius 2 is 1.00 bits per heavy atom. The molecule has 0 radical (unpaired) electrons. The summed E-state index contributed by atoms with van der Waals surface area (Å²) in [6.45, 7) is 3.47.